The Labute approximate surface area is 123 Å². The Kier molecular flexibility index (Phi) is 5.86. The number of rotatable bonds is 7. The third-order valence-electron chi connectivity index (χ3n) is 2.73. The molecule has 7 nitrogen and oxygen atoms in total. The molecule has 21 heavy (non-hydrogen) atoms. The predicted molar refractivity (Wildman–Crippen MR) is 76.3 cm³/mol. The number of carbonyl (C=O) groups is 2. The number of carboxylic acid groups (broad SMARTS) is 1. The van der Waals surface area contributed by atoms with Crippen molar-refractivity contribution >= 4 is 21.9 Å². The number of sulfonamides is 1. The molecule has 0 radical (unpaired) electrons. The molecule has 0 saturated heterocycles. The molecule has 0 fully saturated rings. The van der Waals surface area contributed by atoms with Crippen molar-refractivity contribution in [1.29, 1.82) is 0 Å². The van der Waals surface area contributed by atoms with Gasteiger partial charge in [-0.15, -0.1) is 0 Å². The highest BCUT2D eigenvalue weighted by Gasteiger charge is 2.22. The number of nitrogens with one attached hydrogen (secondary N) is 1. The van der Waals surface area contributed by atoms with Gasteiger partial charge >= 0.3 is 5.97 Å². The van der Waals surface area contributed by atoms with Gasteiger partial charge in [0.1, 0.15) is 0 Å². The molecule has 0 heterocycles. The topological polar surface area (TPSA) is 104 Å². The summed E-state index contributed by atoms with van der Waals surface area (Å²) in [5.41, 5.74) is 0.507. The number of likely N-dealkylation sites (N-methyl/N-ethyl adjacent to an activating group) is 2. The van der Waals surface area contributed by atoms with Gasteiger partial charge in [-0.3, -0.25) is 9.59 Å². The Morgan fingerprint density at radius 3 is 2.29 bits per heavy atom. The Hall–Kier alpha value is -1.93. The summed E-state index contributed by atoms with van der Waals surface area (Å²) in [7, 11) is -2.46. The number of aliphatic carboxylic acids is 1. The van der Waals surface area contributed by atoms with Crippen molar-refractivity contribution in [2.24, 2.45) is 0 Å². The summed E-state index contributed by atoms with van der Waals surface area (Å²) in [4.78, 5) is 22.0. The maximum atomic E-state index is 12.2. The zero-order chi connectivity index (χ0) is 16.0. The summed E-state index contributed by atoms with van der Waals surface area (Å²) >= 11 is 0. The highest BCUT2D eigenvalue weighted by atomic mass is 32.2. The molecule has 0 aliphatic heterocycles. The second-order valence-corrected chi connectivity index (χ2v) is 6.47. The van der Waals surface area contributed by atoms with Gasteiger partial charge in [-0.2, -0.15) is 4.31 Å². The average molecular weight is 314 g/mol. The standard InChI is InChI=1S/C13H18N2O5S/c1-3-14-12(16)9-15(2)21(19,20)11-6-4-10(5-7-11)8-13(17)18/h4-7H,3,8-9H2,1-2H3,(H,14,16)(H,17,18). The molecule has 116 valence electrons. The van der Waals surface area contributed by atoms with Gasteiger partial charge in [-0.05, 0) is 24.6 Å². The SMILES string of the molecule is CCNC(=O)CN(C)S(=O)(=O)c1ccc(CC(=O)O)cc1. The van der Waals surface area contributed by atoms with Crippen LogP contribution in [0, 0.1) is 0 Å². The van der Waals surface area contributed by atoms with E-state index in [2.05, 4.69) is 5.32 Å². The van der Waals surface area contributed by atoms with E-state index >= 15 is 0 Å². The number of benzene rings is 1. The summed E-state index contributed by atoms with van der Waals surface area (Å²) in [5.74, 6) is -1.37. The van der Waals surface area contributed by atoms with E-state index in [-0.39, 0.29) is 23.8 Å². The molecule has 0 aliphatic rings. The van der Waals surface area contributed by atoms with Crippen molar-refractivity contribution in [2.75, 3.05) is 20.1 Å². The van der Waals surface area contributed by atoms with Gasteiger partial charge in [-0.25, -0.2) is 8.42 Å². The van der Waals surface area contributed by atoms with Crippen LogP contribution in [0.25, 0.3) is 0 Å². The van der Waals surface area contributed by atoms with Gasteiger partial charge in [-0.1, -0.05) is 12.1 Å². The third-order valence-corrected chi connectivity index (χ3v) is 4.54. The van der Waals surface area contributed by atoms with Crippen molar-refractivity contribution in [3.63, 3.8) is 0 Å². The van der Waals surface area contributed by atoms with E-state index in [1.54, 1.807) is 6.92 Å². The summed E-state index contributed by atoms with van der Waals surface area (Å²) in [6, 6.07) is 5.56. The lowest BCUT2D eigenvalue weighted by Crippen LogP contribution is -2.38. The van der Waals surface area contributed by atoms with Crippen LogP contribution in [-0.4, -0.2) is 49.8 Å². The van der Waals surface area contributed by atoms with Crippen LogP contribution in [0.1, 0.15) is 12.5 Å². The van der Waals surface area contributed by atoms with Crippen LogP contribution >= 0.6 is 0 Å². The number of carbonyl (C=O) groups excluding carboxylic acids is 1. The molecular weight excluding hydrogens is 296 g/mol. The monoisotopic (exact) mass is 314 g/mol. The van der Waals surface area contributed by atoms with E-state index in [1.165, 1.54) is 31.3 Å². The van der Waals surface area contributed by atoms with E-state index in [1.807, 2.05) is 0 Å². The van der Waals surface area contributed by atoms with E-state index in [9.17, 15) is 18.0 Å². The van der Waals surface area contributed by atoms with E-state index < -0.39 is 16.0 Å². The maximum absolute atomic E-state index is 12.2. The highest BCUT2D eigenvalue weighted by molar-refractivity contribution is 7.89. The van der Waals surface area contributed by atoms with E-state index in [4.69, 9.17) is 5.11 Å². The third kappa shape index (κ3) is 4.83. The predicted octanol–water partition coefficient (Wildman–Crippen LogP) is 0.0703. The maximum Gasteiger partial charge on any atom is 0.307 e. The quantitative estimate of drug-likeness (QED) is 0.741. The second-order valence-electron chi connectivity index (χ2n) is 4.43. The van der Waals surface area contributed by atoms with Crippen LogP contribution in [0.2, 0.25) is 0 Å². The summed E-state index contributed by atoms with van der Waals surface area (Å²) < 4.78 is 25.4. The van der Waals surface area contributed by atoms with Crippen LogP contribution in [0.4, 0.5) is 0 Å². The van der Waals surface area contributed by atoms with Gasteiger partial charge in [0, 0.05) is 13.6 Å². The van der Waals surface area contributed by atoms with E-state index in [0.29, 0.717) is 12.1 Å². The van der Waals surface area contributed by atoms with Gasteiger partial charge in [0.25, 0.3) is 0 Å². The first kappa shape index (κ1) is 17.1. The Bertz CT molecular complexity index is 610. The van der Waals surface area contributed by atoms with E-state index in [0.717, 1.165) is 4.31 Å². The minimum atomic E-state index is -3.77. The highest BCUT2D eigenvalue weighted by Crippen LogP contribution is 2.15. The van der Waals surface area contributed by atoms with Crippen molar-refractivity contribution in [3.05, 3.63) is 29.8 Å². The fourth-order valence-corrected chi connectivity index (χ4v) is 2.80. The molecule has 0 saturated carbocycles. The first-order chi connectivity index (χ1) is 9.77. The molecule has 0 aromatic heterocycles. The number of amides is 1. The van der Waals surface area contributed by atoms with Crippen LogP contribution in [0.15, 0.2) is 29.2 Å². The lowest BCUT2D eigenvalue weighted by atomic mass is 10.2. The zero-order valence-electron chi connectivity index (χ0n) is 11.9. The van der Waals surface area contributed by atoms with Crippen molar-refractivity contribution in [2.45, 2.75) is 18.2 Å². The normalized spacial score (nSPS) is 11.4. The lowest BCUT2D eigenvalue weighted by Gasteiger charge is -2.16. The summed E-state index contributed by atoms with van der Waals surface area (Å²) in [6.45, 7) is 1.90. The Morgan fingerprint density at radius 2 is 1.81 bits per heavy atom. The molecule has 0 bridgehead atoms. The van der Waals surface area contributed by atoms with Crippen LogP contribution in [0.5, 0.6) is 0 Å². The number of hydrogen-bond donors (Lipinski definition) is 2. The fraction of sp³-hybridized carbons (Fsp3) is 0.385. The summed E-state index contributed by atoms with van der Waals surface area (Å²) in [5, 5.41) is 11.2. The van der Waals surface area contributed by atoms with Gasteiger partial charge < -0.3 is 10.4 Å². The minimum Gasteiger partial charge on any atom is -0.481 e. The van der Waals surface area contributed by atoms with Crippen molar-refractivity contribution < 1.29 is 23.1 Å². The second kappa shape index (κ2) is 7.19. The number of nitrogens with zero attached hydrogens (tertiary/aromatic N) is 1. The van der Waals surface area contributed by atoms with Crippen LogP contribution < -0.4 is 5.32 Å². The van der Waals surface area contributed by atoms with Gasteiger partial charge in [0.05, 0.1) is 17.9 Å². The molecule has 0 aliphatic carbocycles. The molecule has 1 aromatic carbocycles. The molecule has 1 amide bonds. The number of carboxylic acids is 1. The van der Waals surface area contributed by atoms with Crippen LogP contribution in [-0.2, 0) is 26.0 Å². The molecule has 8 heteroatoms. The fourth-order valence-electron chi connectivity index (χ4n) is 1.67. The molecule has 2 N–H and O–H groups in total. The van der Waals surface area contributed by atoms with Crippen molar-refractivity contribution in [1.82, 2.24) is 9.62 Å². The largest absolute Gasteiger partial charge is 0.481 e. The Morgan fingerprint density at radius 1 is 1.24 bits per heavy atom. The first-order valence-corrected chi connectivity index (χ1v) is 7.75. The van der Waals surface area contributed by atoms with Crippen LogP contribution in [0.3, 0.4) is 0 Å². The molecule has 1 rings (SSSR count). The summed E-state index contributed by atoms with van der Waals surface area (Å²) in [6.07, 6.45) is -0.172. The molecule has 0 spiro atoms. The number of hydrogen-bond acceptors (Lipinski definition) is 4. The smallest absolute Gasteiger partial charge is 0.307 e. The molecule has 0 unspecified atom stereocenters. The molecular formula is C13H18N2O5S. The molecule has 1 aromatic rings. The Balaban J connectivity index is 2.86. The first-order valence-electron chi connectivity index (χ1n) is 6.31. The van der Waals surface area contributed by atoms with Gasteiger partial charge in [0.2, 0.25) is 15.9 Å². The van der Waals surface area contributed by atoms with Crippen molar-refractivity contribution in [3.8, 4) is 0 Å². The minimum absolute atomic E-state index is 0.0171. The average Bonchev–Trinajstić information content (AvgIpc) is 2.38. The lowest BCUT2D eigenvalue weighted by molar-refractivity contribution is -0.136. The molecule has 0 atom stereocenters. The van der Waals surface area contributed by atoms with Gasteiger partial charge in [0.15, 0.2) is 0 Å². The zero-order valence-corrected chi connectivity index (χ0v) is 12.7.